The molecule has 35 heavy (non-hydrogen) atoms. The number of aryl methyl sites for hydroxylation is 1. The summed E-state index contributed by atoms with van der Waals surface area (Å²) in [4.78, 5) is 14.2. The van der Waals surface area contributed by atoms with Gasteiger partial charge < -0.3 is 14.1 Å². The Morgan fingerprint density at radius 1 is 0.971 bits per heavy atom. The number of hydrogen-bond donors (Lipinski definition) is 0. The van der Waals surface area contributed by atoms with Crippen LogP contribution in [0, 0.1) is 5.82 Å². The third kappa shape index (κ3) is 4.90. The number of amides is 1. The van der Waals surface area contributed by atoms with Crippen LogP contribution in [0.25, 0.3) is 22.1 Å². The molecule has 1 fully saturated rings. The zero-order valence-corrected chi connectivity index (χ0v) is 19.2. The minimum absolute atomic E-state index is 0.0502. The smallest absolute Gasteiger partial charge is 0.253 e. The molecule has 0 radical (unpaired) electrons. The Morgan fingerprint density at radius 3 is 2.31 bits per heavy atom. The van der Waals surface area contributed by atoms with Crippen LogP contribution in [0.4, 0.5) is 13.2 Å². The average Bonchev–Trinajstić information content (AvgIpc) is 3.29. The van der Waals surface area contributed by atoms with Crippen LogP contribution in [0.2, 0.25) is 0 Å². The average molecular weight is 479 g/mol. The molecule has 0 unspecified atom stereocenters. The predicted octanol–water partition coefficient (Wildman–Crippen LogP) is 7.46. The van der Waals surface area contributed by atoms with E-state index in [4.69, 9.17) is 9.15 Å². The van der Waals surface area contributed by atoms with Crippen LogP contribution in [-0.2, 0) is 6.42 Å². The number of nitrogens with zero attached hydrogens (tertiary/aromatic N) is 1. The fraction of sp³-hybridized carbons (Fsp3) is 0.250. The van der Waals surface area contributed by atoms with Gasteiger partial charge in [0.2, 0.25) is 0 Å². The number of ether oxygens (including phenoxy) is 1. The normalized spacial score (nSPS) is 15.4. The summed E-state index contributed by atoms with van der Waals surface area (Å²) in [5, 5.41) is 0.867. The molecule has 1 aliphatic heterocycles. The topological polar surface area (TPSA) is 42.7 Å². The highest BCUT2D eigenvalue weighted by molar-refractivity contribution is 5.95. The molecule has 4 nitrogen and oxygen atoms in total. The van der Waals surface area contributed by atoms with Crippen molar-refractivity contribution in [2.45, 2.75) is 32.1 Å². The van der Waals surface area contributed by atoms with Gasteiger partial charge in [-0.2, -0.15) is 0 Å². The molecule has 7 heteroatoms. The van der Waals surface area contributed by atoms with Gasteiger partial charge in [0.25, 0.3) is 11.8 Å². The number of benzene rings is 3. The Hall–Kier alpha value is -3.74. The number of likely N-dealkylation sites (tertiary alicyclic amines) is 1. The van der Waals surface area contributed by atoms with Crippen LogP contribution >= 0.6 is 0 Å². The maximum Gasteiger partial charge on any atom is 0.253 e. The second-order valence-electron chi connectivity index (χ2n) is 8.74. The van der Waals surface area contributed by atoms with Crippen LogP contribution < -0.4 is 4.74 Å². The molecule has 0 aliphatic carbocycles. The zero-order valence-electron chi connectivity index (χ0n) is 19.2. The van der Waals surface area contributed by atoms with Gasteiger partial charge in [-0.1, -0.05) is 19.1 Å². The molecule has 3 aromatic carbocycles. The van der Waals surface area contributed by atoms with Crippen molar-refractivity contribution in [3.05, 3.63) is 83.9 Å². The summed E-state index contributed by atoms with van der Waals surface area (Å²) in [7, 11) is 0. The molecular weight excluding hydrogens is 455 g/mol. The fourth-order valence-electron chi connectivity index (χ4n) is 4.25. The largest absolute Gasteiger partial charge is 0.457 e. The van der Waals surface area contributed by atoms with E-state index in [9.17, 15) is 18.0 Å². The third-order valence-corrected chi connectivity index (χ3v) is 6.27. The van der Waals surface area contributed by atoms with E-state index in [1.807, 2.05) is 37.3 Å². The van der Waals surface area contributed by atoms with Crippen molar-refractivity contribution in [3.8, 4) is 22.6 Å². The summed E-state index contributed by atoms with van der Waals surface area (Å²) in [6, 6.07) is 18.6. The van der Waals surface area contributed by atoms with E-state index in [-0.39, 0.29) is 37.7 Å². The Bertz CT molecular complexity index is 1350. The van der Waals surface area contributed by atoms with E-state index in [1.54, 1.807) is 24.3 Å². The molecule has 1 aliphatic rings. The number of carbonyl (C=O) groups is 1. The molecule has 1 saturated heterocycles. The quantitative estimate of drug-likeness (QED) is 0.298. The van der Waals surface area contributed by atoms with Crippen LogP contribution in [-0.4, -0.2) is 29.8 Å². The Labute approximate surface area is 200 Å². The van der Waals surface area contributed by atoms with Crippen molar-refractivity contribution in [2.24, 2.45) is 0 Å². The third-order valence-electron chi connectivity index (χ3n) is 6.27. The van der Waals surface area contributed by atoms with Crippen LogP contribution in [0.15, 0.2) is 71.1 Å². The van der Waals surface area contributed by atoms with E-state index < -0.39 is 5.92 Å². The highest BCUT2D eigenvalue weighted by Crippen LogP contribution is 2.37. The monoisotopic (exact) mass is 479 g/mol. The van der Waals surface area contributed by atoms with Gasteiger partial charge in [-0.3, -0.25) is 4.79 Å². The minimum atomic E-state index is -2.70. The standard InChI is InChI=1S/C28H24F3NO3/c1-2-23-16-21-15-20(17-25(26(21)35-23)34-24-9-7-22(29)8-10-24)18-3-5-19(6-4-18)27(33)32-13-11-28(30,31)12-14-32/h3-10,15-17H,2,11-14H2,1H3. The number of carbonyl (C=O) groups excluding carboxylic acids is 1. The van der Waals surface area contributed by atoms with Crippen LogP contribution in [0.1, 0.15) is 35.9 Å². The predicted molar refractivity (Wildman–Crippen MR) is 128 cm³/mol. The first-order valence-corrected chi connectivity index (χ1v) is 11.6. The summed E-state index contributed by atoms with van der Waals surface area (Å²) in [5.41, 5.74) is 2.77. The van der Waals surface area contributed by atoms with Gasteiger partial charge in [-0.25, -0.2) is 13.2 Å². The molecule has 0 atom stereocenters. The van der Waals surface area contributed by atoms with Crippen molar-refractivity contribution in [3.63, 3.8) is 0 Å². The van der Waals surface area contributed by atoms with E-state index in [2.05, 4.69) is 0 Å². The van der Waals surface area contributed by atoms with E-state index in [1.165, 1.54) is 17.0 Å². The second kappa shape index (κ2) is 9.13. The van der Waals surface area contributed by atoms with Crippen molar-refractivity contribution in [2.75, 3.05) is 13.1 Å². The van der Waals surface area contributed by atoms with Gasteiger partial charge in [-0.15, -0.1) is 0 Å². The van der Waals surface area contributed by atoms with Gasteiger partial charge in [-0.05, 0) is 65.7 Å². The lowest BCUT2D eigenvalue weighted by Gasteiger charge is -2.31. The van der Waals surface area contributed by atoms with Crippen molar-refractivity contribution in [1.82, 2.24) is 4.90 Å². The molecule has 1 aromatic heterocycles. The Morgan fingerprint density at radius 2 is 1.66 bits per heavy atom. The molecule has 0 N–H and O–H groups in total. The number of piperidine rings is 1. The molecule has 2 heterocycles. The summed E-state index contributed by atoms with van der Waals surface area (Å²) in [5.74, 6) is -1.50. The molecule has 4 aromatic rings. The molecular formula is C28H24F3NO3. The molecule has 5 rings (SSSR count). The number of halogens is 3. The fourth-order valence-corrected chi connectivity index (χ4v) is 4.25. The van der Waals surface area contributed by atoms with Gasteiger partial charge in [0, 0.05) is 43.3 Å². The SMILES string of the molecule is CCc1cc2cc(-c3ccc(C(=O)N4CCC(F)(F)CC4)cc3)cc(Oc3ccc(F)cc3)c2o1. The molecule has 0 spiro atoms. The number of furan rings is 1. The minimum Gasteiger partial charge on any atom is -0.457 e. The number of hydrogen-bond acceptors (Lipinski definition) is 3. The van der Waals surface area contributed by atoms with Gasteiger partial charge in [0.05, 0.1) is 0 Å². The Balaban J connectivity index is 1.44. The van der Waals surface area contributed by atoms with Crippen molar-refractivity contribution in [1.29, 1.82) is 0 Å². The summed E-state index contributed by atoms with van der Waals surface area (Å²) in [6.45, 7) is 2.10. The first-order chi connectivity index (χ1) is 16.8. The van der Waals surface area contributed by atoms with Crippen molar-refractivity contribution < 1.29 is 27.1 Å². The number of fused-ring (bicyclic) bond motifs is 1. The summed E-state index contributed by atoms with van der Waals surface area (Å²) < 4.78 is 52.2. The van der Waals surface area contributed by atoms with Crippen LogP contribution in [0.3, 0.4) is 0 Å². The second-order valence-corrected chi connectivity index (χ2v) is 8.74. The number of alkyl halides is 2. The lowest BCUT2D eigenvalue weighted by atomic mass is 10.0. The lowest BCUT2D eigenvalue weighted by molar-refractivity contribution is -0.0494. The molecule has 0 saturated carbocycles. The maximum absolute atomic E-state index is 13.4. The zero-order chi connectivity index (χ0) is 24.6. The van der Waals surface area contributed by atoms with Crippen LogP contribution in [0.5, 0.6) is 11.5 Å². The first-order valence-electron chi connectivity index (χ1n) is 11.6. The lowest BCUT2D eigenvalue weighted by Crippen LogP contribution is -2.42. The Kier molecular flexibility index (Phi) is 6.01. The van der Waals surface area contributed by atoms with E-state index >= 15 is 0 Å². The van der Waals surface area contributed by atoms with Gasteiger partial charge in [0.15, 0.2) is 11.3 Å². The first kappa shape index (κ1) is 23.0. The molecule has 1 amide bonds. The molecule has 180 valence electrons. The molecule has 0 bridgehead atoms. The number of rotatable bonds is 5. The summed E-state index contributed by atoms with van der Waals surface area (Å²) >= 11 is 0. The maximum atomic E-state index is 13.4. The highest BCUT2D eigenvalue weighted by atomic mass is 19.3. The van der Waals surface area contributed by atoms with Gasteiger partial charge >= 0.3 is 0 Å². The van der Waals surface area contributed by atoms with Crippen molar-refractivity contribution >= 4 is 16.9 Å². The van der Waals surface area contributed by atoms with E-state index in [0.29, 0.717) is 22.6 Å². The summed E-state index contributed by atoms with van der Waals surface area (Å²) in [6.07, 6.45) is 0.107. The highest BCUT2D eigenvalue weighted by Gasteiger charge is 2.35. The van der Waals surface area contributed by atoms with E-state index in [0.717, 1.165) is 28.7 Å². The van der Waals surface area contributed by atoms with Gasteiger partial charge in [0.1, 0.15) is 17.3 Å².